The van der Waals surface area contributed by atoms with Gasteiger partial charge in [0.2, 0.25) is 0 Å². The predicted molar refractivity (Wildman–Crippen MR) is 80.4 cm³/mol. The minimum Gasteiger partial charge on any atom is -0.392 e. The van der Waals surface area contributed by atoms with Crippen molar-refractivity contribution in [2.24, 2.45) is 5.41 Å². The normalized spacial score (nSPS) is 26.9. The summed E-state index contributed by atoms with van der Waals surface area (Å²) in [6, 6.07) is 5.23. The van der Waals surface area contributed by atoms with E-state index in [1.807, 2.05) is 0 Å². The highest BCUT2D eigenvalue weighted by Crippen LogP contribution is 2.41. The van der Waals surface area contributed by atoms with Crippen molar-refractivity contribution >= 4 is 0 Å². The van der Waals surface area contributed by atoms with E-state index in [1.54, 1.807) is 0 Å². The minimum absolute atomic E-state index is 0.0131. The first-order chi connectivity index (χ1) is 8.73. The molecule has 3 atom stereocenters. The van der Waals surface area contributed by atoms with Crippen LogP contribution in [0.2, 0.25) is 0 Å². The second-order valence-corrected chi connectivity index (χ2v) is 6.83. The van der Waals surface area contributed by atoms with Crippen LogP contribution in [0.25, 0.3) is 0 Å². The van der Waals surface area contributed by atoms with Crippen LogP contribution >= 0.6 is 0 Å². The van der Waals surface area contributed by atoms with Gasteiger partial charge in [-0.2, -0.15) is 0 Å². The molecule has 2 rings (SSSR count). The summed E-state index contributed by atoms with van der Waals surface area (Å²) in [5.74, 6) is 0. The van der Waals surface area contributed by atoms with Crippen molar-refractivity contribution in [2.45, 2.75) is 66.2 Å². The third-order valence-electron chi connectivity index (χ3n) is 4.84. The fraction of sp³-hybridized carbons (Fsp3) is 0.647. The van der Waals surface area contributed by atoms with Crippen LogP contribution in [0, 0.1) is 26.2 Å². The molecule has 1 aliphatic rings. The van der Waals surface area contributed by atoms with Crippen molar-refractivity contribution in [1.29, 1.82) is 0 Å². The van der Waals surface area contributed by atoms with Gasteiger partial charge in [0.1, 0.15) is 0 Å². The number of aliphatic hydroxyl groups excluding tert-OH is 1. The van der Waals surface area contributed by atoms with Crippen molar-refractivity contribution < 1.29 is 5.11 Å². The molecule has 0 saturated heterocycles. The van der Waals surface area contributed by atoms with Gasteiger partial charge in [0.15, 0.2) is 0 Å². The van der Waals surface area contributed by atoms with Gasteiger partial charge in [0, 0.05) is 17.5 Å². The number of aliphatic hydroxyl groups is 1. The Balaban J connectivity index is 2.15. The molecule has 3 unspecified atom stereocenters. The van der Waals surface area contributed by atoms with Gasteiger partial charge in [0.05, 0.1) is 6.10 Å². The maximum atomic E-state index is 9.84. The Hall–Kier alpha value is -0.860. The second-order valence-electron chi connectivity index (χ2n) is 6.83. The zero-order valence-corrected chi connectivity index (χ0v) is 13.0. The first-order valence-corrected chi connectivity index (χ1v) is 7.25. The highest BCUT2D eigenvalue weighted by molar-refractivity contribution is 5.39. The van der Waals surface area contributed by atoms with E-state index in [-0.39, 0.29) is 11.5 Å². The summed E-state index contributed by atoms with van der Waals surface area (Å²) >= 11 is 0. The summed E-state index contributed by atoms with van der Waals surface area (Å²) < 4.78 is 0. The van der Waals surface area contributed by atoms with E-state index >= 15 is 0 Å². The van der Waals surface area contributed by atoms with Gasteiger partial charge in [-0.1, -0.05) is 31.5 Å². The Labute approximate surface area is 117 Å². The lowest BCUT2D eigenvalue weighted by Gasteiger charge is -2.50. The van der Waals surface area contributed by atoms with Gasteiger partial charge >= 0.3 is 0 Å². The fourth-order valence-electron chi connectivity index (χ4n) is 3.44. The fourth-order valence-corrected chi connectivity index (χ4v) is 3.44. The molecule has 19 heavy (non-hydrogen) atoms. The molecule has 0 aromatic heterocycles. The zero-order valence-electron chi connectivity index (χ0n) is 13.0. The lowest BCUT2D eigenvalue weighted by molar-refractivity contribution is -0.0755. The van der Waals surface area contributed by atoms with E-state index in [2.05, 4.69) is 59.0 Å². The van der Waals surface area contributed by atoms with Gasteiger partial charge in [-0.25, -0.2) is 0 Å². The molecule has 0 amide bonds. The van der Waals surface area contributed by atoms with E-state index in [9.17, 15) is 5.11 Å². The molecule has 0 aliphatic heterocycles. The van der Waals surface area contributed by atoms with Crippen molar-refractivity contribution in [2.75, 3.05) is 0 Å². The van der Waals surface area contributed by atoms with E-state index in [0.717, 1.165) is 6.42 Å². The second kappa shape index (κ2) is 4.92. The maximum absolute atomic E-state index is 9.84. The lowest BCUT2D eigenvalue weighted by atomic mass is 9.64. The first kappa shape index (κ1) is 14.5. The van der Waals surface area contributed by atoms with Gasteiger partial charge in [-0.15, -0.1) is 0 Å². The number of hydrogen-bond acceptors (Lipinski definition) is 2. The highest BCUT2D eigenvalue weighted by atomic mass is 16.3. The van der Waals surface area contributed by atoms with Crippen LogP contribution in [0.1, 0.15) is 55.5 Å². The molecule has 0 radical (unpaired) electrons. The van der Waals surface area contributed by atoms with Gasteiger partial charge < -0.3 is 10.4 Å². The molecule has 2 nitrogen and oxygen atoms in total. The summed E-state index contributed by atoms with van der Waals surface area (Å²) in [6.45, 7) is 13.0. The minimum atomic E-state index is -0.169. The first-order valence-electron chi connectivity index (χ1n) is 7.25. The molecule has 0 bridgehead atoms. The number of rotatable bonds is 3. The van der Waals surface area contributed by atoms with Crippen LogP contribution in [0.3, 0.4) is 0 Å². The Morgan fingerprint density at radius 2 is 1.74 bits per heavy atom. The Morgan fingerprint density at radius 3 is 2.16 bits per heavy atom. The molecule has 0 spiro atoms. The standard InChI is InChI=1S/C17H27NO/c1-10-7-11(2)16(12(3)8-10)13(4)18-14-9-15(19)17(14,5)6/h7-8,13-15,18-19H,9H2,1-6H3. The number of hydrogen-bond donors (Lipinski definition) is 2. The molecule has 0 heterocycles. The van der Waals surface area contributed by atoms with Crippen molar-refractivity contribution in [3.8, 4) is 0 Å². The van der Waals surface area contributed by atoms with Crippen molar-refractivity contribution in [1.82, 2.24) is 5.32 Å². The van der Waals surface area contributed by atoms with Crippen LogP contribution in [-0.4, -0.2) is 17.3 Å². The van der Waals surface area contributed by atoms with E-state index in [4.69, 9.17) is 0 Å². The predicted octanol–water partition coefficient (Wildman–Crippen LogP) is 3.42. The summed E-state index contributed by atoms with van der Waals surface area (Å²) in [7, 11) is 0. The van der Waals surface area contributed by atoms with E-state index in [1.165, 1.54) is 22.3 Å². The number of nitrogens with one attached hydrogen (secondary N) is 1. The summed E-state index contributed by atoms with van der Waals surface area (Å²) in [4.78, 5) is 0. The van der Waals surface area contributed by atoms with Gasteiger partial charge in [-0.05, 0) is 50.8 Å². The third kappa shape index (κ3) is 2.56. The molecule has 1 aromatic rings. The molecule has 1 saturated carbocycles. The maximum Gasteiger partial charge on any atom is 0.0621 e. The Bertz CT molecular complexity index is 455. The Kier molecular flexibility index (Phi) is 3.76. The Morgan fingerprint density at radius 1 is 1.21 bits per heavy atom. The van der Waals surface area contributed by atoms with E-state index in [0.29, 0.717) is 12.1 Å². The quantitative estimate of drug-likeness (QED) is 0.874. The molecule has 1 aromatic carbocycles. The van der Waals surface area contributed by atoms with Crippen molar-refractivity contribution in [3.63, 3.8) is 0 Å². The lowest BCUT2D eigenvalue weighted by Crippen LogP contribution is -2.60. The molecular formula is C17H27NO. The molecule has 2 heteroatoms. The highest BCUT2D eigenvalue weighted by Gasteiger charge is 2.47. The van der Waals surface area contributed by atoms with E-state index < -0.39 is 0 Å². The van der Waals surface area contributed by atoms with Crippen LogP contribution in [-0.2, 0) is 0 Å². The van der Waals surface area contributed by atoms with Gasteiger partial charge in [-0.3, -0.25) is 0 Å². The molecule has 2 N–H and O–H groups in total. The smallest absolute Gasteiger partial charge is 0.0621 e. The molecule has 106 valence electrons. The molecular weight excluding hydrogens is 234 g/mol. The average molecular weight is 261 g/mol. The summed E-state index contributed by atoms with van der Waals surface area (Å²) in [5.41, 5.74) is 5.43. The number of benzene rings is 1. The summed E-state index contributed by atoms with van der Waals surface area (Å²) in [6.07, 6.45) is 0.693. The van der Waals surface area contributed by atoms with Crippen LogP contribution in [0.5, 0.6) is 0 Å². The zero-order chi connectivity index (χ0) is 14.4. The van der Waals surface area contributed by atoms with Crippen LogP contribution < -0.4 is 5.32 Å². The molecule has 1 aliphatic carbocycles. The SMILES string of the molecule is Cc1cc(C)c(C(C)NC2CC(O)C2(C)C)c(C)c1. The van der Waals surface area contributed by atoms with Crippen molar-refractivity contribution in [3.05, 3.63) is 34.4 Å². The summed E-state index contributed by atoms with van der Waals surface area (Å²) in [5, 5.41) is 13.5. The van der Waals surface area contributed by atoms with Gasteiger partial charge in [0.25, 0.3) is 0 Å². The third-order valence-corrected chi connectivity index (χ3v) is 4.84. The van der Waals surface area contributed by atoms with Crippen LogP contribution in [0.4, 0.5) is 0 Å². The van der Waals surface area contributed by atoms with Crippen LogP contribution in [0.15, 0.2) is 12.1 Å². The number of aryl methyl sites for hydroxylation is 3. The monoisotopic (exact) mass is 261 g/mol. The molecule has 1 fully saturated rings. The topological polar surface area (TPSA) is 32.3 Å². The average Bonchev–Trinajstić information content (AvgIpc) is 2.27. The largest absolute Gasteiger partial charge is 0.392 e.